The number of nitrogens with one attached hydrogen (secondary N) is 1. The van der Waals surface area contributed by atoms with Gasteiger partial charge in [0.15, 0.2) is 0 Å². The Morgan fingerprint density at radius 1 is 1.25 bits per heavy atom. The van der Waals surface area contributed by atoms with Crippen molar-refractivity contribution >= 4 is 21.6 Å². The average Bonchev–Trinajstić information content (AvgIpc) is 2.94. The lowest BCUT2D eigenvalue weighted by molar-refractivity contribution is 0.588. The van der Waals surface area contributed by atoms with E-state index in [9.17, 15) is 4.39 Å². The Balaban J connectivity index is 1.86. The minimum Gasteiger partial charge on any atom is -0.313 e. The zero-order valence-corrected chi connectivity index (χ0v) is 12.0. The maximum absolute atomic E-state index is 12.9. The third kappa shape index (κ3) is 2.71. The molecule has 0 bridgehead atoms. The standard InChI is InChI=1S/C16H15FN2S/c1-18-15(8-11-2-4-13(17)5-3-11)12-9-16-14(19-10-12)6-7-20-16/h2-7,9-10,15,18H,8H2,1H3. The van der Waals surface area contributed by atoms with Crippen LogP contribution < -0.4 is 5.32 Å². The fourth-order valence-corrected chi connectivity index (χ4v) is 3.08. The van der Waals surface area contributed by atoms with Crippen molar-refractivity contribution in [2.75, 3.05) is 7.05 Å². The Morgan fingerprint density at radius 2 is 2.05 bits per heavy atom. The van der Waals surface area contributed by atoms with Crippen LogP contribution in [0.4, 0.5) is 4.39 Å². The first-order valence-electron chi connectivity index (χ1n) is 6.51. The summed E-state index contributed by atoms with van der Waals surface area (Å²) in [6.45, 7) is 0. The normalized spacial score (nSPS) is 12.7. The summed E-state index contributed by atoms with van der Waals surface area (Å²) in [5.74, 6) is -0.198. The molecule has 0 aliphatic heterocycles. The number of nitrogens with zero attached hydrogens (tertiary/aromatic N) is 1. The van der Waals surface area contributed by atoms with Crippen LogP contribution in [0, 0.1) is 5.82 Å². The summed E-state index contributed by atoms with van der Waals surface area (Å²) >= 11 is 1.70. The van der Waals surface area contributed by atoms with Gasteiger partial charge in [-0.1, -0.05) is 12.1 Å². The third-order valence-corrected chi connectivity index (χ3v) is 4.28. The number of rotatable bonds is 4. The zero-order chi connectivity index (χ0) is 13.9. The van der Waals surface area contributed by atoms with Crippen LogP contribution in [-0.4, -0.2) is 12.0 Å². The zero-order valence-electron chi connectivity index (χ0n) is 11.1. The van der Waals surface area contributed by atoms with Gasteiger partial charge in [-0.05, 0) is 54.2 Å². The topological polar surface area (TPSA) is 24.9 Å². The molecule has 1 aromatic carbocycles. The molecule has 0 fully saturated rings. The quantitative estimate of drug-likeness (QED) is 0.786. The Morgan fingerprint density at radius 3 is 2.80 bits per heavy atom. The van der Waals surface area contributed by atoms with Gasteiger partial charge in [-0.15, -0.1) is 11.3 Å². The van der Waals surface area contributed by atoms with Crippen molar-refractivity contribution < 1.29 is 4.39 Å². The Bertz CT molecular complexity index is 706. The lowest BCUT2D eigenvalue weighted by Crippen LogP contribution is -2.19. The van der Waals surface area contributed by atoms with Gasteiger partial charge in [-0.2, -0.15) is 0 Å². The van der Waals surface area contributed by atoms with Crippen LogP contribution in [0.5, 0.6) is 0 Å². The summed E-state index contributed by atoms with van der Waals surface area (Å²) < 4.78 is 14.1. The van der Waals surface area contributed by atoms with E-state index in [4.69, 9.17) is 0 Å². The van der Waals surface area contributed by atoms with Crippen molar-refractivity contribution in [2.45, 2.75) is 12.5 Å². The van der Waals surface area contributed by atoms with E-state index in [1.54, 1.807) is 11.3 Å². The van der Waals surface area contributed by atoms with Crippen molar-refractivity contribution in [3.63, 3.8) is 0 Å². The number of likely N-dealkylation sites (N-methyl/N-ethyl adjacent to an activating group) is 1. The molecule has 2 aromatic heterocycles. The SMILES string of the molecule is CNC(Cc1ccc(F)cc1)c1cnc2ccsc2c1. The highest BCUT2D eigenvalue weighted by molar-refractivity contribution is 7.17. The highest BCUT2D eigenvalue weighted by Gasteiger charge is 2.12. The van der Waals surface area contributed by atoms with E-state index < -0.39 is 0 Å². The van der Waals surface area contributed by atoms with Gasteiger partial charge in [0.05, 0.1) is 10.2 Å². The first-order chi connectivity index (χ1) is 9.76. The van der Waals surface area contributed by atoms with Crippen molar-refractivity contribution in [1.29, 1.82) is 0 Å². The van der Waals surface area contributed by atoms with Gasteiger partial charge in [-0.3, -0.25) is 4.98 Å². The number of hydrogen-bond acceptors (Lipinski definition) is 3. The maximum atomic E-state index is 12.9. The highest BCUT2D eigenvalue weighted by Crippen LogP contribution is 2.24. The largest absolute Gasteiger partial charge is 0.313 e. The van der Waals surface area contributed by atoms with E-state index in [0.29, 0.717) is 0 Å². The second-order valence-electron chi connectivity index (χ2n) is 4.74. The monoisotopic (exact) mass is 286 g/mol. The predicted molar refractivity (Wildman–Crippen MR) is 81.5 cm³/mol. The first-order valence-corrected chi connectivity index (χ1v) is 7.39. The Labute approximate surface area is 121 Å². The predicted octanol–water partition coefficient (Wildman–Crippen LogP) is 3.94. The smallest absolute Gasteiger partial charge is 0.123 e. The molecule has 20 heavy (non-hydrogen) atoms. The molecular weight excluding hydrogens is 271 g/mol. The van der Waals surface area contributed by atoms with Gasteiger partial charge in [0.1, 0.15) is 5.82 Å². The second kappa shape index (κ2) is 5.69. The molecule has 0 spiro atoms. The molecule has 1 unspecified atom stereocenters. The summed E-state index contributed by atoms with van der Waals surface area (Å²) in [5.41, 5.74) is 3.30. The minimum atomic E-state index is -0.198. The molecule has 2 heterocycles. The Hall–Kier alpha value is -1.78. The van der Waals surface area contributed by atoms with E-state index in [1.165, 1.54) is 16.8 Å². The fraction of sp³-hybridized carbons (Fsp3) is 0.188. The number of thiophene rings is 1. The van der Waals surface area contributed by atoms with Gasteiger partial charge >= 0.3 is 0 Å². The number of halogens is 1. The first kappa shape index (κ1) is 13.2. The molecule has 0 aliphatic rings. The van der Waals surface area contributed by atoms with E-state index in [0.717, 1.165) is 23.1 Å². The number of hydrogen-bond donors (Lipinski definition) is 1. The molecule has 2 nitrogen and oxygen atoms in total. The minimum absolute atomic E-state index is 0.180. The summed E-state index contributed by atoms with van der Waals surface area (Å²) in [7, 11) is 1.94. The van der Waals surface area contributed by atoms with Crippen LogP contribution >= 0.6 is 11.3 Å². The molecule has 3 rings (SSSR count). The van der Waals surface area contributed by atoms with Gasteiger partial charge in [0.25, 0.3) is 0 Å². The molecule has 4 heteroatoms. The lowest BCUT2D eigenvalue weighted by Gasteiger charge is -2.16. The molecule has 0 saturated heterocycles. The van der Waals surface area contributed by atoms with Crippen LogP contribution in [-0.2, 0) is 6.42 Å². The van der Waals surface area contributed by atoms with Crippen molar-refractivity contribution in [2.24, 2.45) is 0 Å². The highest BCUT2D eigenvalue weighted by atomic mass is 32.1. The number of aromatic nitrogens is 1. The fourth-order valence-electron chi connectivity index (χ4n) is 2.29. The summed E-state index contributed by atoms with van der Waals surface area (Å²) in [4.78, 5) is 4.48. The maximum Gasteiger partial charge on any atom is 0.123 e. The van der Waals surface area contributed by atoms with Crippen LogP contribution in [0.2, 0.25) is 0 Å². The summed E-state index contributed by atoms with van der Waals surface area (Å²) in [5, 5.41) is 5.36. The number of benzene rings is 1. The van der Waals surface area contributed by atoms with Gasteiger partial charge in [0.2, 0.25) is 0 Å². The van der Waals surface area contributed by atoms with E-state index in [1.807, 2.05) is 31.4 Å². The molecule has 0 amide bonds. The van der Waals surface area contributed by atoms with Crippen molar-refractivity contribution in [3.8, 4) is 0 Å². The number of fused-ring (bicyclic) bond motifs is 1. The van der Waals surface area contributed by atoms with Crippen LogP contribution in [0.15, 0.2) is 48.0 Å². The van der Waals surface area contributed by atoms with Crippen LogP contribution in [0.25, 0.3) is 10.2 Å². The van der Waals surface area contributed by atoms with E-state index >= 15 is 0 Å². The van der Waals surface area contributed by atoms with Gasteiger partial charge in [-0.25, -0.2) is 4.39 Å². The van der Waals surface area contributed by atoms with Gasteiger partial charge in [0, 0.05) is 12.2 Å². The van der Waals surface area contributed by atoms with Crippen LogP contribution in [0.3, 0.4) is 0 Å². The molecular formula is C16H15FN2S. The number of pyridine rings is 1. The van der Waals surface area contributed by atoms with E-state index in [-0.39, 0.29) is 11.9 Å². The van der Waals surface area contributed by atoms with Crippen molar-refractivity contribution in [3.05, 3.63) is 64.9 Å². The molecule has 102 valence electrons. The van der Waals surface area contributed by atoms with Crippen molar-refractivity contribution in [1.82, 2.24) is 10.3 Å². The molecule has 0 saturated carbocycles. The molecule has 0 aliphatic carbocycles. The second-order valence-corrected chi connectivity index (χ2v) is 5.69. The molecule has 1 N–H and O–H groups in total. The summed E-state index contributed by atoms with van der Waals surface area (Å²) in [6, 6.07) is 11.1. The van der Waals surface area contributed by atoms with E-state index in [2.05, 4.69) is 21.7 Å². The Kier molecular flexibility index (Phi) is 3.76. The molecule has 3 aromatic rings. The molecule has 0 radical (unpaired) electrons. The lowest BCUT2D eigenvalue weighted by atomic mass is 10.0. The molecule has 1 atom stereocenters. The summed E-state index contributed by atoms with van der Waals surface area (Å²) in [6.07, 6.45) is 2.73. The average molecular weight is 286 g/mol. The van der Waals surface area contributed by atoms with Gasteiger partial charge < -0.3 is 5.32 Å². The third-order valence-electron chi connectivity index (χ3n) is 3.43. The van der Waals surface area contributed by atoms with Crippen LogP contribution in [0.1, 0.15) is 17.2 Å².